The molecule has 0 fully saturated rings. The number of nitrogens with one attached hydrogen (secondary N) is 2. The van der Waals surface area contributed by atoms with Gasteiger partial charge < -0.3 is 10.1 Å². The Morgan fingerprint density at radius 1 is 1.20 bits per heavy atom. The number of amides is 2. The second-order valence-electron chi connectivity index (χ2n) is 5.08. The highest BCUT2D eigenvalue weighted by Gasteiger charge is 2.13. The van der Waals surface area contributed by atoms with Crippen LogP contribution in [-0.4, -0.2) is 24.6 Å². The lowest BCUT2D eigenvalue weighted by molar-refractivity contribution is -0.136. The van der Waals surface area contributed by atoms with Crippen molar-refractivity contribution in [3.8, 4) is 5.75 Å². The van der Waals surface area contributed by atoms with Crippen LogP contribution in [0.3, 0.4) is 0 Å². The van der Waals surface area contributed by atoms with Gasteiger partial charge in [-0.25, -0.2) is 5.43 Å². The maximum absolute atomic E-state index is 11.9. The molecule has 2 aromatic carbocycles. The number of hydrogen-bond donors (Lipinski definition) is 2. The van der Waals surface area contributed by atoms with Crippen LogP contribution in [0.4, 0.5) is 5.69 Å². The zero-order valence-corrected chi connectivity index (χ0v) is 14.6. The SMILES string of the molecule is CCOc1ccc(Cl)cc1/C=N\NC(=O)C(=O)Nc1ccccc1C. The van der Waals surface area contributed by atoms with Gasteiger partial charge in [0.15, 0.2) is 0 Å². The summed E-state index contributed by atoms with van der Waals surface area (Å²) in [7, 11) is 0. The minimum Gasteiger partial charge on any atom is -0.493 e. The first kappa shape index (κ1) is 18.5. The van der Waals surface area contributed by atoms with Crippen LogP contribution in [0.5, 0.6) is 5.75 Å². The van der Waals surface area contributed by atoms with Gasteiger partial charge in [0, 0.05) is 16.3 Å². The van der Waals surface area contributed by atoms with Crippen LogP contribution in [0, 0.1) is 6.92 Å². The Labute approximate surface area is 150 Å². The van der Waals surface area contributed by atoms with Gasteiger partial charge in [0.05, 0.1) is 12.8 Å². The number of para-hydroxylation sites is 1. The summed E-state index contributed by atoms with van der Waals surface area (Å²) >= 11 is 5.95. The second-order valence-corrected chi connectivity index (χ2v) is 5.52. The monoisotopic (exact) mass is 359 g/mol. The molecule has 2 aromatic rings. The van der Waals surface area contributed by atoms with Gasteiger partial charge in [0.2, 0.25) is 0 Å². The van der Waals surface area contributed by atoms with Gasteiger partial charge in [-0.3, -0.25) is 9.59 Å². The number of aryl methyl sites for hydroxylation is 1. The molecule has 0 heterocycles. The molecule has 0 aromatic heterocycles. The fourth-order valence-electron chi connectivity index (χ4n) is 2.01. The van der Waals surface area contributed by atoms with E-state index >= 15 is 0 Å². The number of ether oxygens (including phenoxy) is 1. The molecule has 0 saturated heterocycles. The lowest BCUT2D eigenvalue weighted by atomic mass is 10.2. The van der Waals surface area contributed by atoms with Crippen LogP contribution in [0.2, 0.25) is 5.02 Å². The fraction of sp³-hybridized carbons (Fsp3) is 0.167. The molecule has 0 unspecified atom stereocenters. The summed E-state index contributed by atoms with van der Waals surface area (Å²) in [5, 5.41) is 6.82. The molecule has 25 heavy (non-hydrogen) atoms. The molecule has 0 aliphatic heterocycles. The molecular formula is C18H18ClN3O3. The number of anilines is 1. The van der Waals surface area contributed by atoms with E-state index in [1.807, 2.05) is 26.0 Å². The number of hydrogen-bond acceptors (Lipinski definition) is 4. The van der Waals surface area contributed by atoms with E-state index in [1.54, 1.807) is 30.3 Å². The number of nitrogens with zero attached hydrogens (tertiary/aromatic N) is 1. The Hall–Kier alpha value is -2.86. The van der Waals surface area contributed by atoms with Crippen LogP contribution >= 0.6 is 11.6 Å². The summed E-state index contributed by atoms with van der Waals surface area (Å²) in [5.74, 6) is -1.10. The van der Waals surface area contributed by atoms with Crippen LogP contribution in [0.1, 0.15) is 18.1 Å². The number of carbonyl (C=O) groups excluding carboxylic acids is 2. The summed E-state index contributed by atoms with van der Waals surface area (Å²) in [5.41, 5.74) is 4.19. The summed E-state index contributed by atoms with van der Waals surface area (Å²) in [6.07, 6.45) is 1.37. The smallest absolute Gasteiger partial charge is 0.329 e. The minimum absolute atomic E-state index is 0.480. The summed E-state index contributed by atoms with van der Waals surface area (Å²) in [6, 6.07) is 12.2. The Morgan fingerprint density at radius 2 is 1.96 bits per heavy atom. The van der Waals surface area contributed by atoms with Crippen molar-refractivity contribution < 1.29 is 14.3 Å². The molecular weight excluding hydrogens is 342 g/mol. The first-order valence-corrected chi connectivity index (χ1v) is 8.01. The van der Waals surface area contributed by atoms with Crippen molar-refractivity contribution in [2.45, 2.75) is 13.8 Å². The Bertz CT molecular complexity index is 806. The van der Waals surface area contributed by atoms with E-state index in [4.69, 9.17) is 16.3 Å². The normalized spacial score (nSPS) is 10.5. The highest BCUT2D eigenvalue weighted by molar-refractivity contribution is 6.39. The van der Waals surface area contributed by atoms with Crippen molar-refractivity contribution in [2.75, 3.05) is 11.9 Å². The van der Waals surface area contributed by atoms with Crippen molar-refractivity contribution >= 4 is 35.3 Å². The molecule has 2 amide bonds. The Morgan fingerprint density at radius 3 is 2.68 bits per heavy atom. The van der Waals surface area contributed by atoms with Crippen LogP contribution < -0.4 is 15.5 Å². The molecule has 0 bridgehead atoms. The lowest BCUT2D eigenvalue weighted by Crippen LogP contribution is -2.32. The Balaban J connectivity index is 1.99. The highest BCUT2D eigenvalue weighted by atomic mass is 35.5. The third-order valence-corrected chi connectivity index (χ3v) is 3.48. The van der Waals surface area contributed by atoms with E-state index in [9.17, 15) is 9.59 Å². The predicted molar refractivity (Wildman–Crippen MR) is 98.2 cm³/mol. The maximum atomic E-state index is 11.9. The molecule has 0 aliphatic carbocycles. The van der Waals surface area contributed by atoms with Gasteiger partial charge in [0.25, 0.3) is 0 Å². The van der Waals surface area contributed by atoms with Gasteiger partial charge in [-0.15, -0.1) is 0 Å². The summed E-state index contributed by atoms with van der Waals surface area (Å²) in [4.78, 5) is 23.7. The molecule has 2 rings (SSSR count). The standard InChI is InChI=1S/C18H18ClN3O3/c1-3-25-16-9-8-14(19)10-13(16)11-20-22-18(24)17(23)21-15-7-5-4-6-12(15)2/h4-11H,3H2,1-2H3,(H,21,23)(H,22,24)/b20-11-. The number of halogens is 1. The Kier molecular flexibility index (Phi) is 6.54. The first-order valence-electron chi connectivity index (χ1n) is 7.63. The van der Waals surface area contributed by atoms with Gasteiger partial charge >= 0.3 is 11.8 Å². The van der Waals surface area contributed by atoms with Crippen LogP contribution in [0.25, 0.3) is 0 Å². The lowest BCUT2D eigenvalue weighted by Gasteiger charge is -2.07. The van der Waals surface area contributed by atoms with Crippen LogP contribution in [0.15, 0.2) is 47.6 Å². The summed E-state index contributed by atoms with van der Waals surface area (Å²) < 4.78 is 5.45. The van der Waals surface area contributed by atoms with E-state index in [2.05, 4.69) is 15.8 Å². The zero-order valence-electron chi connectivity index (χ0n) is 13.9. The molecule has 0 spiro atoms. The maximum Gasteiger partial charge on any atom is 0.329 e. The first-order chi connectivity index (χ1) is 12.0. The zero-order chi connectivity index (χ0) is 18.2. The number of benzene rings is 2. The average Bonchev–Trinajstić information content (AvgIpc) is 2.59. The van der Waals surface area contributed by atoms with Gasteiger partial charge in [-0.2, -0.15) is 5.10 Å². The third-order valence-electron chi connectivity index (χ3n) is 3.24. The molecule has 130 valence electrons. The molecule has 0 aliphatic rings. The van der Waals surface area contributed by atoms with Crippen molar-refractivity contribution in [3.63, 3.8) is 0 Å². The average molecular weight is 360 g/mol. The second kappa shape index (κ2) is 8.84. The number of rotatable bonds is 5. The molecule has 0 atom stereocenters. The van der Waals surface area contributed by atoms with E-state index in [0.29, 0.717) is 28.6 Å². The van der Waals surface area contributed by atoms with Crippen LogP contribution in [-0.2, 0) is 9.59 Å². The molecule has 6 nitrogen and oxygen atoms in total. The topological polar surface area (TPSA) is 79.8 Å². The van der Waals surface area contributed by atoms with Gasteiger partial charge in [0.1, 0.15) is 5.75 Å². The number of carbonyl (C=O) groups is 2. The predicted octanol–water partition coefficient (Wildman–Crippen LogP) is 3.14. The van der Waals surface area contributed by atoms with Crippen molar-refractivity contribution in [1.82, 2.24) is 5.43 Å². The van der Waals surface area contributed by atoms with Crippen molar-refractivity contribution in [1.29, 1.82) is 0 Å². The fourth-order valence-corrected chi connectivity index (χ4v) is 2.19. The van der Waals surface area contributed by atoms with Gasteiger partial charge in [-0.1, -0.05) is 29.8 Å². The number of hydrazone groups is 1. The van der Waals surface area contributed by atoms with Crippen molar-refractivity contribution in [3.05, 3.63) is 58.6 Å². The highest BCUT2D eigenvalue weighted by Crippen LogP contribution is 2.21. The van der Waals surface area contributed by atoms with E-state index in [1.165, 1.54) is 6.21 Å². The minimum atomic E-state index is -0.875. The quantitative estimate of drug-likeness (QED) is 0.489. The van der Waals surface area contributed by atoms with Gasteiger partial charge in [-0.05, 0) is 43.7 Å². The van der Waals surface area contributed by atoms with E-state index in [0.717, 1.165) is 5.56 Å². The molecule has 0 saturated carbocycles. The summed E-state index contributed by atoms with van der Waals surface area (Å²) in [6.45, 7) is 4.17. The third kappa shape index (κ3) is 5.32. The van der Waals surface area contributed by atoms with E-state index < -0.39 is 11.8 Å². The van der Waals surface area contributed by atoms with Crippen molar-refractivity contribution in [2.24, 2.45) is 5.10 Å². The molecule has 7 heteroatoms. The van der Waals surface area contributed by atoms with E-state index in [-0.39, 0.29) is 0 Å². The largest absolute Gasteiger partial charge is 0.493 e. The molecule has 0 radical (unpaired) electrons. The molecule has 2 N–H and O–H groups in total.